The molecule has 6 aromatic rings. The number of benzene rings is 4. The van der Waals surface area contributed by atoms with Gasteiger partial charge in [0.1, 0.15) is 22.8 Å². The molecule has 0 unspecified atom stereocenters. The molecule has 2 fully saturated rings. The molecule has 11 heteroatoms. The predicted octanol–water partition coefficient (Wildman–Crippen LogP) is 12.8. The summed E-state index contributed by atoms with van der Waals surface area (Å²) in [5, 5.41) is 12.7. The zero-order valence-corrected chi connectivity index (χ0v) is 43.1. The third-order valence-electron chi connectivity index (χ3n) is 15.7. The second-order valence-electron chi connectivity index (χ2n) is 20.9. The highest BCUT2D eigenvalue weighted by Crippen LogP contribution is 2.49. The Hall–Kier alpha value is -7.14. The van der Waals surface area contributed by atoms with Crippen LogP contribution < -0.4 is 26.2 Å². The van der Waals surface area contributed by atoms with Gasteiger partial charge in [0.25, 0.3) is 23.6 Å². The quantitative estimate of drug-likeness (QED) is 0.128. The molecule has 0 saturated heterocycles. The third-order valence-corrected chi connectivity index (χ3v) is 15.7. The van der Waals surface area contributed by atoms with Crippen LogP contribution in [0.4, 0.5) is 28.4 Å². The van der Waals surface area contributed by atoms with Crippen LogP contribution in [0, 0.1) is 55.4 Å². The van der Waals surface area contributed by atoms with Crippen LogP contribution in [0.25, 0.3) is 0 Å². The summed E-state index contributed by atoms with van der Waals surface area (Å²) < 4.78 is 0. The Bertz CT molecular complexity index is 2870. The van der Waals surface area contributed by atoms with Crippen molar-refractivity contribution in [1.82, 2.24) is 9.97 Å². The summed E-state index contributed by atoms with van der Waals surface area (Å²) in [6.45, 7) is 16.2. The van der Waals surface area contributed by atoms with Gasteiger partial charge in [0.2, 0.25) is 0 Å². The number of carbonyl (C=O) groups is 4. The van der Waals surface area contributed by atoms with Crippen molar-refractivity contribution in [3.8, 4) is 0 Å². The molecule has 4 N–H and O–H groups in total. The minimum atomic E-state index is -0.402. The Morgan fingerprint density at radius 1 is 0.380 bits per heavy atom. The molecule has 12 bridgehead atoms. The number of hydrogen-bond donors (Lipinski definition) is 4. The standard InChI is InChI=1S/C60H67N7O4/c1-34-24-42-25-35(2)51(34)63-55(68)47-18-17-19-48(61-47)56(69)64-52-36(3)26-43(27-37(52)4)60(22-15-12-16-23-60)45-30-40(7)54(41(8)31-45)66-58(71)50-33-46(67(9)10)32-49(62-50)57(70)65-53-38(5)28-44(29-39(53)6)59(42)20-13-11-14-21-59/h17-19,24-33H,11-16,20-23H2,1-10H3,(H,63,68)(H,64,69)(H,65,70)(H,66,71). The Morgan fingerprint density at radius 2 is 0.634 bits per heavy atom. The monoisotopic (exact) mass is 950 g/mol. The van der Waals surface area contributed by atoms with Crippen LogP contribution in [0.1, 0.15) is 173 Å². The van der Waals surface area contributed by atoms with E-state index >= 15 is 0 Å². The molecule has 71 heavy (non-hydrogen) atoms. The maximum Gasteiger partial charge on any atom is 0.274 e. The van der Waals surface area contributed by atoms with Crippen molar-refractivity contribution in [2.45, 2.75) is 130 Å². The van der Waals surface area contributed by atoms with Gasteiger partial charge in [-0.2, -0.15) is 0 Å². The number of pyridine rings is 2. The van der Waals surface area contributed by atoms with E-state index in [0.717, 1.165) is 109 Å². The highest BCUT2D eigenvalue weighted by atomic mass is 16.2. The normalized spacial score (nSPS) is 16.8. The zero-order chi connectivity index (χ0) is 50.5. The van der Waals surface area contributed by atoms with Crippen LogP contribution in [0.3, 0.4) is 0 Å². The number of anilines is 5. The molecule has 4 amide bonds. The first-order chi connectivity index (χ1) is 33.9. The maximum absolute atomic E-state index is 14.3. The van der Waals surface area contributed by atoms with Crippen molar-refractivity contribution in [3.63, 3.8) is 0 Å². The summed E-state index contributed by atoms with van der Waals surface area (Å²) >= 11 is 0. The van der Waals surface area contributed by atoms with Gasteiger partial charge >= 0.3 is 0 Å². The van der Waals surface area contributed by atoms with Crippen molar-refractivity contribution in [3.05, 3.63) is 168 Å². The number of hydrogen-bond acceptors (Lipinski definition) is 7. The average molecular weight is 950 g/mol. The molecular formula is C60H67N7O4. The molecule has 0 radical (unpaired) electrons. The van der Waals surface area contributed by atoms with Gasteiger partial charge in [0.15, 0.2) is 0 Å². The van der Waals surface area contributed by atoms with Gasteiger partial charge in [0, 0.05) is 53.4 Å². The minimum absolute atomic E-state index is 0.139. The highest BCUT2D eigenvalue weighted by molar-refractivity contribution is 6.09. The minimum Gasteiger partial charge on any atom is -0.378 e. The third kappa shape index (κ3) is 9.23. The van der Waals surface area contributed by atoms with Gasteiger partial charge in [0.05, 0.1) is 0 Å². The van der Waals surface area contributed by atoms with E-state index in [1.54, 1.807) is 30.3 Å². The fourth-order valence-electron chi connectivity index (χ4n) is 12.0. The Labute approximate surface area is 418 Å². The smallest absolute Gasteiger partial charge is 0.274 e. The molecule has 2 saturated carbocycles. The first-order valence-electron chi connectivity index (χ1n) is 25.3. The predicted molar refractivity (Wildman–Crippen MR) is 286 cm³/mol. The van der Waals surface area contributed by atoms with Gasteiger partial charge in [-0.05, 0) is 172 Å². The van der Waals surface area contributed by atoms with Crippen LogP contribution in [-0.2, 0) is 10.8 Å². The summed E-state index contributed by atoms with van der Waals surface area (Å²) in [7, 11) is 3.76. The van der Waals surface area contributed by atoms with Gasteiger partial charge in [-0.25, -0.2) is 9.97 Å². The van der Waals surface area contributed by atoms with Crippen molar-refractivity contribution in [1.29, 1.82) is 0 Å². The molecule has 18 rings (SSSR count). The molecule has 12 heterocycles. The fraction of sp³-hybridized carbons (Fsp3) is 0.367. The topological polar surface area (TPSA) is 145 Å². The highest BCUT2D eigenvalue weighted by Gasteiger charge is 2.39. The maximum atomic E-state index is 14.3. The number of aromatic nitrogens is 2. The van der Waals surface area contributed by atoms with Crippen LogP contribution in [0.5, 0.6) is 0 Å². The summed E-state index contributed by atoms with van der Waals surface area (Å²) in [4.78, 5) is 67.9. The van der Waals surface area contributed by atoms with Gasteiger partial charge in [-0.1, -0.05) is 93.1 Å². The van der Waals surface area contributed by atoms with Crippen LogP contribution in [0.2, 0.25) is 0 Å². The number of amides is 4. The molecule has 11 nitrogen and oxygen atoms in total. The summed E-state index contributed by atoms with van der Waals surface area (Å²) in [6, 6.07) is 26.1. The van der Waals surface area contributed by atoms with E-state index in [9.17, 15) is 19.2 Å². The van der Waals surface area contributed by atoms with E-state index in [-0.39, 0.29) is 33.6 Å². The van der Waals surface area contributed by atoms with E-state index in [1.165, 1.54) is 22.3 Å². The lowest BCUT2D eigenvalue weighted by Gasteiger charge is -2.40. The molecule has 2 aliphatic carbocycles. The Balaban J connectivity index is 1.16. The fourth-order valence-corrected chi connectivity index (χ4v) is 12.0. The lowest BCUT2D eigenvalue weighted by atomic mass is 9.64. The van der Waals surface area contributed by atoms with Crippen molar-refractivity contribution >= 4 is 52.1 Å². The second kappa shape index (κ2) is 19.2. The Kier molecular flexibility index (Phi) is 13.2. The number of aryl methyl sites for hydroxylation is 8. The zero-order valence-electron chi connectivity index (χ0n) is 43.1. The van der Waals surface area contributed by atoms with Gasteiger partial charge in [-0.3, -0.25) is 19.2 Å². The van der Waals surface area contributed by atoms with Crippen molar-refractivity contribution in [2.75, 3.05) is 40.3 Å². The van der Waals surface area contributed by atoms with Crippen molar-refractivity contribution < 1.29 is 19.2 Å². The van der Waals surface area contributed by atoms with Gasteiger partial charge in [-0.15, -0.1) is 0 Å². The molecular weight excluding hydrogens is 883 g/mol. The largest absolute Gasteiger partial charge is 0.378 e. The molecule has 366 valence electrons. The van der Waals surface area contributed by atoms with E-state index in [2.05, 4.69) is 74.8 Å². The van der Waals surface area contributed by atoms with Crippen LogP contribution in [-0.4, -0.2) is 47.7 Å². The molecule has 2 spiro atoms. The molecule has 4 aromatic carbocycles. The lowest BCUT2D eigenvalue weighted by molar-refractivity contribution is 0.0998. The molecule has 0 atom stereocenters. The van der Waals surface area contributed by atoms with Crippen molar-refractivity contribution in [2.24, 2.45) is 0 Å². The summed E-state index contributed by atoms with van der Waals surface area (Å²) in [6.07, 6.45) is 10.4. The first kappa shape index (κ1) is 48.9. The summed E-state index contributed by atoms with van der Waals surface area (Å²) in [5.74, 6) is -1.59. The van der Waals surface area contributed by atoms with E-state index in [1.807, 2.05) is 74.4 Å². The number of nitrogens with one attached hydrogen (secondary N) is 4. The van der Waals surface area contributed by atoms with Gasteiger partial charge < -0.3 is 26.2 Å². The molecule has 10 aliphatic heterocycles. The molecule has 2 aromatic heterocycles. The average Bonchev–Trinajstić information content (AvgIpc) is 3.35. The van der Waals surface area contributed by atoms with Crippen LogP contribution >= 0.6 is 0 Å². The second-order valence-corrected chi connectivity index (χ2v) is 20.9. The van der Waals surface area contributed by atoms with E-state index in [4.69, 9.17) is 4.98 Å². The first-order valence-corrected chi connectivity index (χ1v) is 25.3. The van der Waals surface area contributed by atoms with Crippen LogP contribution in [0.15, 0.2) is 78.9 Å². The molecule has 12 aliphatic rings. The van der Waals surface area contributed by atoms with E-state index < -0.39 is 23.6 Å². The Morgan fingerprint density at radius 3 is 0.901 bits per heavy atom. The van der Waals surface area contributed by atoms with E-state index in [0.29, 0.717) is 28.4 Å². The number of rotatable bonds is 1. The number of nitrogens with zero attached hydrogens (tertiary/aromatic N) is 3. The SMILES string of the molecule is Cc1cc2cc(C)c1NC(=O)c1cccc(n1)C(=O)Nc1c(C)cc(cc1C)C1(CCCCC1)c1cc(C)c(c(C)c1)NC(=O)c1cc(N(C)C)cc(n1)C(=O)Nc1c(C)cc(cc1C)C21CCCCC1. The summed E-state index contributed by atoms with van der Waals surface area (Å²) in [5.41, 5.74) is 15.7. The lowest BCUT2D eigenvalue weighted by Crippen LogP contribution is -2.31. The number of carbonyl (C=O) groups excluding carboxylic acids is 4.